The summed E-state index contributed by atoms with van der Waals surface area (Å²) in [6, 6.07) is 11.0. The molecule has 0 fully saturated rings. The van der Waals surface area contributed by atoms with E-state index in [1.165, 1.54) is 0 Å². The number of hydrogen-bond acceptors (Lipinski definition) is 2. The Kier molecular flexibility index (Phi) is 2.00. The summed E-state index contributed by atoms with van der Waals surface area (Å²) in [5, 5.41) is 1.70. The lowest BCUT2D eigenvalue weighted by Gasteiger charge is -2.21. The maximum atomic E-state index is 11.9. The van der Waals surface area contributed by atoms with E-state index in [-0.39, 0.29) is 11.8 Å². The van der Waals surface area contributed by atoms with Crippen molar-refractivity contribution in [3.63, 3.8) is 0 Å². The Balaban J connectivity index is 2.52. The monoisotopic (exact) mass is 323 g/mol. The van der Waals surface area contributed by atoms with Gasteiger partial charge < -0.3 is 0 Å². The average molecular weight is 323 g/mol. The summed E-state index contributed by atoms with van der Waals surface area (Å²) in [7, 11) is 0. The van der Waals surface area contributed by atoms with E-state index in [4.69, 9.17) is 0 Å². The highest BCUT2D eigenvalue weighted by atomic mass is 127. The fourth-order valence-corrected chi connectivity index (χ4v) is 2.52. The van der Waals surface area contributed by atoms with E-state index < -0.39 is 0 Å². The maximum Gasteiger partial charge on any atom is 0.270 e. The first-order valence-electron chi connectivity index (χ1n) is 4.76. The van der Waals surface area contributed by atoms with Crippen LogP contribution < -0.4 is 0 Å². The molecule has 2 aromatic rings. The van der Waals surface area contributed by atoms with E-state index >= 15 is 0 Å². The van der Waals surface area contributed by atoms with E-state index in [1.54, 1.807) is 35.0 Å². The van der Waals surface area contributed by atoms with E-state index in [0.29, 0.717) is 11.1 Å². The van der Waals surface area contributed by atoms with Crippen LogP contribution in [0.1, 0.15) is 20.7 Å². The molecular formula is C12H6INO2. The molecule has 1 heterocycles. The summed E-state index contributed by atoms with van der Waals surface area (Å²) in [5.41, 5.74) is 1.20. The van der Waals surface area contributed by atoms with Crippen LogP contribution in [0.25, 0.3) is 10.8 Å². The van der Waals surface area contributed by atoms with Crippen LogP contribution in [0.2, 0.25) is 0 Å². The Morgan fingerprint density at radius 2 is 1.38 bits per heavy atom. The van der Waals surface area contributed by atoms with Crippen molar-refractivity contribution in [2.75, 3.05) is 0 Å². The van der Waals surface area contributed by atoms with Gasteiger partial charge in [0.15, 0.2) is 0 Å². The molecule has 3 rings (SSSR count). The number of halogens is 1. The molecule has 0 aliphatic carbocycles. The Bertz CT molecular complexity index is 585. The van der Waals surface area contributed by atoms with Crippen molar-refractivity contribution in [1.82, 2.24) is 3.11 Å². The third-order valence-electron chi connectivity index (χ3n) is 2.72. The van der Waals surface area contributed by atoms with Crippen molar-refractivity contribution in [1.29, 1.82) is 0 Å². The first kappa shape index (κ1) is 9.77. The number of amides is 2. The maximum absolute atomic E-state index is 11.9. The zero-order valence-corrected chi connectivity index (χ0v) is 10.3. The molecule has 0 N–H and O–H groups in total. The topological polar surface area (TPSA) is 37.4 Å². The van der Waals surface area contributed by atoms with Crippen LogP contribution in [0.3, 0.4) is 0 Å². The minimum Gasteiger partial charge on any atom is -0.268 e. The van der Waals surface area contributed by atoms with Crippen LogP contribution in [-0.2, 0) is 0 Å². The Hall–Kier alpha value is -1.43. The van der Waals surface area contributed by atoms with Crippen LogP contribution in [-0.4, -0.2) is 14.9 Å². The molecule has 0 bridgehead atoms. The molecular weight excluding hydrogens is 317 g/mol. The number of hydrogen-bond donors (Lipinski definition) is 0. The molecule has 16 heavy (non-hydrogen) atoms. The second-order valence-corrected chi connectivity index (χ2v) is 4.57. The van der Waals surface area contributed by atoms with E-state index in [0.717, 1.165) is 13.9 Å². The highest BCUT2D eigenvalue weighted by Gasteiger charge is 2.30. The van der Waals surface area contributed by atoms with Crippen molar-refractivity contribution in [2.45, 2.75) is 0 Å². The van der Waals surface area contributed by atoms with Crippen LogP contribution in [0, 0.1) is 0 Å². The second kappa shape index (κ2) is 3.28. The number of carbonyl (C=O) groups excluding carboxylic acids is 2. The predicted molar refractivity (Wildman–Crippen MR) is 68.5 cm³/mol. The number of nitrogens with zero attached hydrogens (tertiary/aromatic N) is 1. The van der Waals surface area contributed by atoms with Gasteiger partial charge in [0.25, 0.3) is 11.8 Å². The van der Waals surface area contributed by atoms with Crippen LogP contribution in [0.15, 0.2) is 36.4 Å². The third-order valence-corrected chi connectivity index (χ3v) is 3.60. The van der Waals surface area contributed by atoms with Gasteiger partial charge in [-0.1, -0.05) is 24.3 Å². The highest BCUT2D eigenvalue weighted by Crippen LogP contribution is 2.31. The molecule has 2 amide bonds. The first-order valence-corrected chi connectivity index (χ1v) is 5.73. The minimum atomic E-state index is -0.241. The number of carbonyl (C=O) groups is 2. The normalized spacial score (nSPS) is 14.7. The summed E-state index contributed by atoms with van der Waals surface area (Å²) in [5.74, 6) is -0.482. The molecule has 3 nitrogen and oxygen atoms in total. The van der Waals surface area contributed by atoms with Crippen LogP contribution in [0.5, 0.6) is 0 Å². The lowest BCUT2D eigenvalue weighted by molar-refractivity contribution is 0.0758. The van der Waals surface area contributed by atoms with Gasteiger partial charge in [0.05, 0.1) is 22.9 Å². The summed E-state index contributed by atoms with van der Waals surface area (Å²) in [6.45, 7) is 0. The Morgan fingerprint density at radius 1 is 0.875 bits per heavy atom. The predicted octanol–water partition coefficient (Wildman–Crippen LogP) is 2.79. The van der Waals surface area contributed by atoms with E-state index in [1.807, 2.05) is 24.3 Å². The standard InChI is InChI=1S/C12H6INO2/c13-14-11(15)8-5-1-3-7-4-2-6-9(10(7)8)12(14)16/h1-6H. The molecule has 4 heteroatoms. The fraction of sp³-hybridized carbons (Fsp3) is 0. The Labute approximate surface area is 106 Å². The van der Waals surface area contributed by atoms with E-state index in [2.05, 4.69) is 0 Å². The van der Waals surface area contributed by atoms with Gasteiger partial charge >= 0.3 is 0 Å². The SMILES string of the molecule is O=C1c2cccc3cccc(c23)C(=O)N1I. The summed E-state index contributed by atoms with van der Waals surface area (Å²) in [4.78, 5) is 23.8. The molecule has 0 saturated carbocycles. The lowest BCUT2D eigenvalue weighted by Crippen LogP contribution is -2.32. The third kappa shape index (κ3) is 1.13. The molecule has 0 aromatic heterocycles. The van der Waals surface area contributed by atoms with Gasteiger partial charge in [0.2, 0.25) is 0 Å². The summed E-state index contributed by atoms with van der Waals surface area (Å²) >= 11 is 1.75. The van der Waals surface area contributed by atoms with Crippen molar-refractivity contribution in [3.8, 4) is 0 Å². The molecule has 0 spiro atoms. The lowest BCUT2D eigenvalue weighted by atomic mass is 9.95. The van der Waals surface area contributed by atoms with Crippen LogP contribution in [0.4, 0.5) is 0 Å². The van der Waals surface area contributed by atoms with Crippen molar-refractivity contribution >= 4 is 45.5 Å². The molecule has 0 radical (unpaired) electrons. The minimum absolute atomic E-state index is 0.241. The van der Waals surface area contributed by atoms with Gasteiger partial charge in [-0.3, -0.25) is 9.59 Å². The van der Waals surface area contributed by atoms with Gasteiger partial charge in [-0.15, -0.1) is 0 Å². The van der Waals surface area contributed by atoms with Gasteiger partial charge in [-0.25, -0.2) is 3.11 Å². The number of imide groups is 1. The first-order chi connectivity index (χ1) is 7.70. The Morgan fingerprint density at radius 3 is 1.88 bits per heavy atom. The van der Waals surface area contributed by atoms with Crippen molar-refractivity contribution in [2.24, 2.45) is 0 Å². The quantitative estimate of drug-likeness (QED) is 0.425. The van der Waals surface area contributed by atoms with E-state index in [9.17, 15) is 9.59 Å². The highest BCUT2D eigenvalue weighted by molar-refractivity contribution is 14.1. The fourth-order valence-electron chi connectivity index (χ4n) is 2.00. The smallest absolute Gasteiger partial charge is 0.268 e. The average Bonchev–Trinajstić information content (AvgIpc) is 2.33. The molecule has 0 atom stereocenters. The van der Waals surface area contributed by atoms with Gasteiger partial charge in [-0.2, -0.15) is 0 Å². The van der Waals surface area contributed by atoms with Gasteiger partial charge in [0, 0.05) is 16.5 Å². The van der Waals surface area contributed by atoms with Gasteiger partial charge in [-0.05, 0) is 17.5 Å². The molecule has 1 aliphatic rings. The molecule has 0 unspecified atom stereocenters. The second-order valence-electron chi connectivity index (χ2n) is 3.60. The largest absolute Gasteiger partial charge is 0.270 e. The summed E-state index contributed by atoms with van der Waals surface area (Å²) < 4.78 is 1.13. The summed E-state index contributed by atoms with van der Waals surface area (Å²) in [6.07, 6.45) is 0. The van der Waals surface area contributed by atoms with Gasteiger partial charge in [0.1, 0.15) is 0 Å². The van der Waals surface area contributed by atoms with Crippen molar-refractivity contribution in [3.05, 3.63) is 47.5 Å². The number of rotatable bonds is 0. The molecule has 2 aromatic carbocycles. The number of benzene rings is 2. The molecule has 0 saturated heterocycles. The zero-order chi connectivity index (χ0) is 11.3. The van der Waals surface area contributed by atoms with Crippen LogP contribution >= 0.6 is 22.9 Å². The molecule has 1 aliphatic heterocycles. The molecule has 78 valence electrons. The zero-order valence-electron chi connectivity index (χ0n) is 8.11. The van der Waals surface area contributed by atoms with Crippen molar-refractivity contribution < 1.29 is 9.59 Å².